The largest absolute Gasteiger partial charge is 0.497 e. The summed E-state index contributed by atoms with van der Waals surface area (Å²) in [5.41, 5.74) is 0.897. The van der Waals surface area contributed by atoms with E-state index in [1.807, 2.05) is 32.0 Å². The predicted octanol–water partition coefficient (Wildman–Crippen LogP) is 1.99. The van der Waals surface area contributed by atoms with Crippen molar-refractivity contribution < 1.29 is 19.0 Å². The lowest BCUT2D eigenvalue weighted by molar-refractivity contribution is -0.126. The van der Waals surface area contributed by atoms with Crippen LogP contribution in [0.3, 0.4) is 0 Å². The highest BCUT2D eigenvalue weighted by molar-refractivity contribution is 5.78. The molecule has 3 unspecified atom stereocenters. The van der Waals surface area contributed by atoms with E-state index in [9.17, 15) is 4.79 Å². The van der Waals surface area contributed by atoms with Gasteiger partial charge in [0, 0.05) is 18.2 Å². The maximum absolute atomic E-state index is 12.4. The first-order valence-electron chi connectivity index (χ1n) is 8.31. The van der Waals surface area contributed by atoms with Gasteiger partial charge in [-0.25, -0.2) is 0 Å². The molecule has 0 saturated carbocycles. The van der Waals surface area contributed by atoms with Crippen LogP contribution < -0.4 is 14.8 Å². The van der Waals surface area contributed by atoms with Crippen molar-refractivity contribution in [1.82, 2.24) is 10.2 Å². The van der Waals surface area contributed by atoms with E-state index in [0.717, 1.165) is 23.6 Å². The van der Waals surface area contributed by atoms with Gasteiger partial charge in [-0.1, -0.05) is 0 Å². The summed E-state index contributed by atoms with van der Waals surface area (Å²) in [6.45, 7) is 7.85. The normalized spacial score (nSPS) is 22.7. The first-order valence-corrected chi connectivity index (χ1v) is 8.31. The second kappa shape index (κ2) is 8.35. The minimum absolute atomic E-state index is 0.00618. The summed E-state index contributed by atoms with van der Waals surface area (Å²) in [7, 11) is 3.24. The Morgan fingerprint density at radius 3 is 2.79 bits per heavy atom. The van der Waals surface area contributed by atoms with Gasteiger partial charge in [-0.05, 0) is 39.0 Å². The molecule has 0 aromatic heterocycles. The number of benzene rings is 1. The Labute approximate surface area is 144 Å². The zero-order valence-electron chi connectivity index (χ0n) is 15.2. The van der Waals surface area contributed by atoms with E-state index in [4.69, 9.17) is 14.2 Å². The lowest BCUT2D eigenvalue weighted by Gasteiger charge is -2.36. The first kappa shape index (κ1) is 18.5. The topological polar surface area (TPSA) is 60.0 Å². The number of nitrogens with one attached hydrogen (secondary N) is 1. The maximum Gasteiger partial charge on any atom is 0.234 e. The standard InChI is InChI=1S/C18H28N2O4/c1-12-11-24-13(2)9-20(12)10-18(21)19-14(3)16-8-15(22-4)6-7-17(16)23-5/h6-8,12-14H,9-11H2,1-5H3,(H,19,21). The Kier molecular flexibility index (Phi) is 6.45. The van der Waals surface area contributed by atoms with Crippen molar-refractivity contribution in [2.45, 2.75) is 39.0 Å². The van der Waals surface area contributed by atoms with Crippen LogP contribution in [0.1, 0.15) is 32.4 Å². The van der Waals surface area contributed by atoms with Gasteiger partial charge in [0.25, 0.3) is 0 Å². The Balaban J connectivity index is 2.00. The van der Waals surface area contributed by atoms with Crippen LogP contribution in [-0.4, -0.2) is 56.9 Å². The molecule has 6 nitrogen and oxygen atoms in total. The van der Waals surface area contributed by atoms with E-state index >= 15 is 0 Å². The molecule has 0 bridgehead atoms. The number of carbonyl (C=O) groups excluding carboxylic acids is 1. The Hall–Kier alpha value is -1.79. The van der Waals surface area contributed by atoms with Crippen LogP contribution in [-0.2, 0) is 9.53 Å². The highest BCUT2D eigenvalue weighted by atomic mass is 16.5. The molecule has 0 radical (unpaired) electrons. The molecule has 1 fully saturated rings. The number of hydrogen-bond donors (Lipinski definition) is 1. The molecule has 1 aliphatic heterocycles. The fourth-order valence-corrected chi connectivity index (χ4v) is 2.92. The van der Waals surface area contributed by atoms with Gasteiger partial charge in [0.05, 0.1) is 39.5 Å². The molecule has 24 heavy (non-hydrogen) atoms. The van der Waals surface area contributed by atoms with Crippen LogP contribution in [0.2, 0.25) is 0 Å². The van der Waals surface area contributed by atoms with E-state index in [0.29, 0.717) is 13.2 Å². The highest BCUT2D eigenvalue weighted by Gasteiger charge is 2.26. The summed E-state index contributed by atoms with van der Waals surface area (Å²) in [5.74, 6) is 1.47. The summed E-state index contributed by atoms with van der Waals surface area (Å²) >= 11 is 0. The van der Waals surface area contributed by atoms with E-state index in [1.165, 1.54) is 0 Å². The number of amides is 1. The van der Waals surface area contributed by atoms with Gasteiger partial charge < -0.3 is 19.5 Å². The second-order valence-corrected chi connectivity index (χ2v) is 6.32. The van der Waals surface area contributed by atoms with Crippen LogP contribution in [0.25, 0.3) is 0 Å². The molecule has 1 N–H and O–H groups in total. The monoisotopic (exact) mass is 336 g/mol. The van der Waals surface area contributed by atoms with Gasteiger partial charge in [0.15, 0.2) is 0 Å². The summed E-state index contributed by atoms with van der Waals surface area (Å²) in [6.07, 6.45) is 0.157. The molecule has 0 aliphatic carbocycles. The summed E-state index contributed by atoms with van der Waals surface area (Å²) in [4.78, 5) is 14.6. The molecule has 1 aliphatic rings. The highest BCUT2D eigenvalue weighted by Crippen LogP contribution is 2.29. The Bertz CT molecular complexity index is 564. The van der Waals surface area contributed by atoms with E-state index in [1.54, 1.807) is 14.2 Å². The zero-order chi connectivity index (χ0) is 17.7. The van der Waals surface area contributed by atoms with Crippen molar-refractivity contribution in [3.63, 3.8) is 0 Å². The van der Waals surface area contributed by atoms with Crippen molar-refractivity contribution in [2.24, 2.45) is 0 Å². The SMILES string of the molecule is COc1ccc(OC)c(C(C)NC(=O)CN2CC(C)OCC2C)c1. The third kappa shape index (κ3) is 4.61. The van der Waals surface area contributed by atoms with Crippen molar-refractivity contribution >= 4 is 5.91 Å². The fraction of sp³-hybridized carbons (Fsp3) is 0.611. The van der Waals surface area contributed by atoms with Crippen LogP contribution in [0.4, 0.5) is 0 Å². The van der Waals surface area contributed by atoms with Crippen LogP contribution >= 0.6 is 0 Å². The van der Waals surface area contributed by atoms with Crippen molar-refractivity contribution in [2.75, 3.05) is 33.9 Å². The number of morpholine rings is 1. The average Bonchev–Trinajstić information content (AvgIpc) is 2.57. The molecule has 6 heteroatoms. The maximum atomic E-state index is 12.4. The van der Waals surface area contributed by atoms with Crippen molar-refractivity contribution in [3.8, 4) is 11.5 Å². The molecular weight excluding hydrogens is 308 g/mol. The first-order chi connectivity index (χ1) is 11.4. The lowest BCUT2D eigenvalue weighted by Crippen LogP contribution is -2.51. The average molecular weight is 336 g/mol. The van der Waals surface area contributed by atoms with Gasteiger partial charge in [-0.2, -0.15) is 0 Å². The zero-order valence-corrected chi connectivity index (χ0v) is 15.2. The number of rotatable bonds is 6. The Morgan fingerprint density at radius 1 is 1.38 bits per heavy atom. The molecule has 134 valence electrons. The summed E-state index contributed by atoms with van der Waals surface area (Å²) in [6, 6.07) is 5.66. The van der Waals surface area contributed by atoms with E-state index in [2.05, 4.69) is 17.1 Å². The third-order valence-corrected chi connectivity index (χ3v) is 4.36. The summed E-state index contributed by atoms with van der Waals surface area (Å²) < 4.78 is 16.3. The van der Waals surface area contributed by atoms with Crippen molar-refractivity contribution in [3.05, 3.63) is 23.8 Å². The molecule has 0 spiro atoms. The van der Waals surface area contributed by atoms with Gasteiger partial charge in [-0.3, -0.25) is 9.69 Å². The smallest absolute Gasteiger partial charge is 0.234 e. The molecule has 2 rings (SSSR count). The minimum Gasteiger partial charge on any atom is -0.497 e. The molecular formula is C18H28N2O4. The molecule has 1 aromatic rings. The van der Waals surface area contributed by atoms with Crippen LogP contribution in [0, 0.1) is 0 Å². The van der Waals surface area contributed by atoms with E-state index < -0.39 is 0 Å². The van der Waals surface area contributed by atoms with Crippen LogP contribution in [0.15, 0.2) is 18.2 Å². The fourth-order valence-electron chi connectivity index (χ4n) is 2.92. The molecule has 1 heterocycles. The minimum atomic E-state index is -0.170. The Morgan fingerprint density at radius 2 is 2.12 bits per heavy atom. The molecule has 1 amide bonds. The van der Waals surface area contributed by atoms with Gasteiger partial charge in [0.1, 0.15) is 11.5 Å². The van der Waals surface area contributed by atoms with Gasteiger partial charge >= 0.3 is 0 Å². The second-order valence-electron chi connectivity index (χ2n) is 6.32. The molecule has 1 saturated heterocycles. The van der Waals surface area contributed by atoms with Crippen molar-refractivity contribution in [1.29, 1.82) is 0 Å². The number of methoxy groups -OCH3 is 2. The van der Waals surface area contributed by atoms with Gasteiger partial charge in [0.2, 0.25) is 5.91 Å². The van der Waals surface area contributed by atoms with Crippen LogP contribution in [0.5, 0.6) is 11.5 Å². The number of carbonyl (C=O) groups is 1. The number of hydrogen-bond acceptors (Lipinski definition) is 5. The van der Waals surface area contributed by atoms with Gasteiger partial charge in [-0.15, -0.1) is 0 Å². The quantitative estimate of drug-likeness (QED) is 0.861. The molecule has 3 atom stereocenters. The predicted molar refractivity (Wildman–Crippen MR) is 92.6 cm³/mol. The van der Waals surface area contributed by atoms with E-state index in [-0.39, 0.29) is 24.1 Å². The summed E-state index contributed by atoms with van der Waals surface area (Å²) in [5, 5.41) is 3.05. The lowest BCUT2D eigenvalue weighted by atomic mass is 10.1. The number of ether oxygens (including phenoxy) is 3. The third-order valence-electron chi connectivity index (χ3n) is 4.36. The molecule has 1 aromatic carbocycles. The number of nitrogens with zero attached hydrogens (tertiary/aromatic N) is 1.